The van der Waals surface area contributed by atoms with Crippen LogP contribution in [0.5, 0.6) is 0 Å². The Labute approximate surface area is 136 Å². The molecule has 0 aliphatic carbocycles. The number of benzene rings is 2. The molecule has 0 fully saturated rings. The molecule has 2 N–H and O–H groups in total. The molecule has 2 amide bonds. The smallest absolute Gasteiger partial charge is 0.328 e. The van der Waals surface area contributed by atoms with E-state index in [0.29, 0.717) is 12.0 Å². The predicted molar refractivity (Wildman–Crippen MR) is 89.6 cm³/mol. The van der Waals surface area contributed by atoms with Crippen LogP contribution in [0.3, 0.4) is 0 Å². The zero-order chi connectivity index (χ0) is 16.9. The van der Waals surface area contributed by atoms with Crippen LogP contribution in [0.15, 0.2) is 59.5 Å². The first-order chi connectivity index (χ1) is 10.9. The summed E-state index contributed by atoms with van der Waals surface area (Å²) in [4.78, 5) is 12.0. The zero-order valence-corrected chi connectivity index (χ0v) is 13.9. The van der Waals surface area contributed by atoms with Crippen molar-refractivity contribution < 1.29 is 13.2 Å². The molecular weight excluding hydrogens is 312 g/mol. The third-order valence-corrected chi connectivity index (χ3v) is 4.86. The summed E-state index contributed by atoms with van der Waals surface area (Å²) in [7, 11) is -3.87. The standard InChI is InChI=1S/C17H20N2O3S/c1-13-8-6-7-11-16(13)23(21,22)19-17(20)18-14(2)12-15-9-4-3-5-10-15/h3-11,14H,12H2,1-2H3,(H2,18,19,20). The molecule has 0 saturated heterocycles. The van der Waals surface area contributed by atoms with Crippen LogP contribution < -0.4 is 10.0 Å². The molecule has 2 rings (SSSR count). The average molecular weight is 332 g/mol. The Morgan fingerprint density at radius 1 is 1.04 bits per heavy atom. The number of hydrogen-bond donors (Lipinski definition) is 2. The van der Waals surface area contributed by atoms with Gasteiger partial charge in [-0.2, -0.15) is 0 Å². The van der Waals surface area contributed by atoms with Crippen LogP contribution in [0.2, 0.25) is 0 Å². The van der Waals surface area contributed by atoms with Crippen LogP contribution in [0, 0.1) is 6.92 Å². The summed E-state index contributed by atoms with van der Waals surface area (Å²) in [5.41, 5.74) is 1.66. The lowest BCUT2D eigenvalue weighted by atomic mass is 10.1. The maximum absolute atomic E-state index is 12.2. The summed E-state index contributed by atoms with van der Waals surface area (Å²) >= 11 is 0. The van der Waals surface area contributed by atoms with E-state index in [1.165, 1.54) is 6.07 Å². The highest BCUT2D eigenvalue weighted by molar-refractivity contribution is 7.90. The van der Waals surface area contributed by atoms with Crippen LogP contribution in [0.25, 0.3) is 0 Å². The van der Waals surface area contributed by atoms with Gasteiger partial charge in [-0.3, -0.25) is 0 Å². The van der Waals surface area contributed by atoms with Crippen molar-refractivity contribution in [3.05, 3.63) is 65.7 Å². The molecule has 0 saturated carbocycles. The van der Waals surface area contributed by atoms with Gasteiger partial charge in [0.25, 0.3) is 10.0 Å². The topological polar surface area (TPSA) is 75.3 Å². The molecule has 1 unspecified atom stereocenters. The van der Waals surface area contributed by atoms with Gasteiger partial charge in [-0.05, 0) is 37.5 Å². The van der Waals surface area contributed by atoms with Crippen molar-refractivity contribution in [2.75, 3.05) is 0 Å². The van der Waals surface area contributed by atoms with Crippen molar-refractivity contribution in [3.63, 3.8) is 0 Å². The first kappa shape index (κ1) is 17.0. The van der Waals surface area contributed by atoms with Crippen molar-refractivity contribution in [2.45, 2.75) is 31.2 Å². The van der Waals surface area contributed by atoms with Crippen LogP contribution in [-0.2, 0) is 16.4 Å². The van der Waals surface area contributed by atoms with Crippen molar-refractivity contribution >= 4 is 16.1 Å². The molecule has 1 atom stereocenters. The Balaban J connectivity index is 1.98. The Morgan fingerprint density at radius 3 is 2.30 bits per heavy atom. The number of hydrogen-bond acceptors (Lipinski definition) is 3. The minimum Gasteiger partial charge on any atom is -0.335 e. The Bertz CT molecular complexity index is 773. The number of carbonyl (C=O) groups is 1. The first-order valence-corrected chi connectivity index (χ1v) is 8.79. The van der Waals surface area contributed by atoms with Crippen molar-refractivity contribution in [1.82, 2.24) is 10.0 Å². The Morgan fingerprint density at radius 2 is 1.65 bits per heavy atom. The highest BCUT2D eigenvalue weighted by Gasteiger charge is 2.20. The van der Waals surface area contributed by atoms with Gasteiger partial charge < -0.3 is 5.32 Å². The van der Waals surface area contributed by atoms with E-state index in [-0.39, 0.29) is 10.9 Å². The van der Waals surface area contributed by atoms with Gasteiger partial charge in [-0.1, -0.05) is 48.5 Å². The quantitative estimate of drug-likeness (QED) is 0.884. The summed E-state index contributed by atoms with van der Waals surface area (Å²) in [6, 6.07) is 15.3. The number of nitrogens with one attached hydrogen (secondary N) is 2. The fraction of sp³-hybridized carbons (Fsp3) is 0.235. The fourth-order valence-electron chi connectivity index (χ4n) is 2.31. The van der Waals surface area contributed by atoms with Gasteiger partial charge >= 0.3 is 6.03 Å². The lowest BCUT2D eigenvalue weighted by Gasteiger charge is -2.15. The molecule has 6 heteroatoms. The maximum atomic E-state index is 12.2. The first-order valence-electron chi connectivity index (χ1n) is 7.31. The van der Waals surface area contributed by atoms with E-state index < -0.39 is 16.1 Å². The molecule has 0 heterocycles. The lowest BCUT2D eigenvalue weighted by Crippen LogP contribution is -2.44. The van der Waals surface area contributed by atoms with E-state index in [1.54, 1.807) is 25.1 Å². The van der Waals surface area contributed by atoms with Gasteiger partial charge in [0.05, 0.1) is 4.90 Å². The normalized spacial score (nSPS) is 12.4. The summed E-state index contributed by atoms with van der Waals surface area (Å²) in [6.45, 7) is 3.51. The van der Waals surface area contributed by atoms with Crippen LogP contribution in [-0.4, -0.2) is 20.5 Å². The zero-order valence-electron chi connectivity index (χ0n) is 13.1. The van der Waals surface area contributed by atoms with Gasteiger partial charge in [0, 0.05) is 6.04 Å². The second-order valence-corrected chi connectivity index (χ2v) is 7.09. The van der Waals surface area contributed by atoms with Crippen molar-refractivity contribution in [2.24, 2.45) is 0 Å². The Hall–Kier alpha value is -2.34. The van der Waals surface area contributed by atoms with Gasteiger partial charge in [-0.15, -0.1) is 0 Å². The van der Waals surface area contributed by atoms with E-state index >= 15 is 0 Å². The molecule has 2 aromatic rings. The molecule has 0 bridgehead atoms. The largest absolute Gasteiger partial charge is 0.335 e. The van der Waals surface area contributed by atoms with Gasteiger partial charge in [0.15, 0.2) is 0 Å². The monoisotopic (exact) mass is 332 g/mol. The molecule has 0 radical (unpaired) electrons. The van der Waals surface area contributed by atoms with Crippen LogP contribution >= 0.6 is 0 Å². The van der Waals surface area contributed by atoms with Crippen LogP contribution in [0.1, 0.15) is 18.1 Å². The minimum atomic E-state index is -3.87. The van der Waals surface area contributed by atoms with E-state index in [4.69, 9.17) is 0 Å². The predicted octanol–water partition coefficient (Wildman–Crippen LogP) is 2.61. The number of urea groups is 1. The SMILES string of the molecule is Cc1ccccc1S(=O)(=O)NC(=O)NC(C)Cc1ccccc1. The molecule has 0 aliphatic heterocycles. The molecular formula is C17H20N2O3S. The maximum Gasteiger partial charge on any atom is 0.328 e. The average Bonchev–Trinajstić information content (AvgIpc) is 2.47. The molecule has 0 aromatic heterocycles. The minimum absolute atomic E-state index is 0.103. The second-order valence-electron chi connectivity index (χ2n) is 5.44. The summed E-state index contributed by atoms with van der Waals surface area (Å²) in [5.74, 6) is 0. The summed E-state index contributed by atoms with van der Waals surface area (Å²) in [5, 5.41) is 2.64. The van der Waals surface area contributed by atoms with Gasteiger partial charge in [0.1, 0.15) is 0 Å². The molecule has 122 valence electrons. The third-order valence-electron chi connectivity index (χ3n) is 3.37. The molecule has 0 spiro atoms. The number of sulfonamides is 1. The van der Waals surface area contributed by atoms with E-state index in [1.807, 2.05) is 37.3 Å². The molecule has 5 nitrogen and oxygen atoms in total. The molecule has 2 aromatic carbocycles. The Kier molecular flexibility index (Phi) is 5.39. The number of carbonyl (C=O) groups excluding carboxylic acids is 1. The molecule has 23 heavy (non-hydrogen) atoms. The number of rotatable bonds is 5. The van der Waals surface area contributed by atoms with Gasteiger partial charge in [0.2, 0.25) is 0 Å². The van der Waals surface area contributed by atoms with Crippen LogP contribution in [0.4, 0.5) is 4.79 Å². The summed E-state index contributed by atoms with van der Waals surface area (Å²) in [6.07, 6.45) is 0.624. The second kappa shape index (κ2) is 7.28. The highest BCUT2D eigenvalue weighted by Crippen LogP contribution is 2.13. The van der Waals surface area contributed by atoms with E-state index in [9.17, 15) is 13.2 Å². The van der Waals surface area contributed by atoms with Gasteiger partial charge in [-0.25, -0.2) is 17.9 Å². The van der Waals surface area contributed by atoms with Crippen molar-refractivity contribution in [1.29, 1.82) is 0 Å². The number of amides is 2. The van der Waals surface area contributed by atoms with E-state index in [0.717, 1.165) is 5.56 Å². The van der Waals surface area contributed by atoms with E-state index in [2.05, 4.69) is 10.0 Å². The number of aryl methyl sites for hydroxylation is 1. The van der Waals surface area contributed by atoms with Crippen molar-refractivity contribution in [3.8, 4) is 0 Å². The molecule has 0 aliphatic rings. The highest BCUT2D eigenvalue weighted by atomic mass is 32.2. The third kappa shape index (κ3) is 4.82. The lowest BCUT2D eigenvalue weighted by molar-refractivity contribution is 0.243. The fourth-order valence-corrected chi connectivity index (χ4v) is 3.47. The summed E-state index contributed by atoms with van der Waals surface area (Å²) < 4.78 is 26.5.